The molecule has 0 saturated carbocycles. The van der Waals surface area contributed by atoms with Crippen LogP contribution in [0.2, 0.25) is 0 Å². The maximum Gasteiger partial charge on any atom is 0.237 e. The summed E-state index contributed by atoms with van der Waals surface area (Å²) in [6, 6.07) is 0.579. The molecule has 2 fully saturated rings. The average Bonchev–Trinajstić information content (AvgIpc) is 2.81. The molecular formula is C14H27N3O. The Kier molecular flexibility index (Phi) is 5.01. The zero-order chi connectivity index (χ0) is 13.0. The quantitative estimate of drug-likeness (QED) is 0.785. The van der Waals surface area contributed by atoms with E-state index in [-0.39, 0.29) is 11.9 Å². The molecule has 2 saturated heterocycles. The third-order valence-corrected chi connectivity index (χ3v) is 4.59. The SMILES string of the molecule is CCC1CCNC(C(=O)NCC2CCCN2C)C1. The first-order valence-electron chi connectivity index (χ1n) is 7.42. The number of hydrogen-bond acceptors (Lipinski definition) is 3. The van der Waals surface area contributed by atoms with Crippen molar-refractivity contribution in [1.29, 1.82) is 0 Å². The number of nitrogens with zero attached hydrogens (tertiary/aromatic N) is 1. The predicted molar refractivity (Wildman–Crippen MR) is 73.5 cm³/mol. The second kappa shape index (κ2) is 6.53. The van der Waals surface area contributed by atoms with Crippen LogP contribution in [0.5, 0.6) is 0 Å². The van der Waals surface area contributed by atoms with Crippen molar-refractivity contribution < 1.29 is 4.79 Å². The van der Waals surface area contributed by atoms with Crippen molar-refractivity contribution in [3.63, 3.8) is 0 Å². The van der Waals surface area contributed by atoms with E-state index < -0.39 is 0 Å². The number of rotatable bonds is 4. The number of likely N-dealkylation sites (N-methyl/N-ethyl adjacent to an activating group) is 1. The monoisotopic (exact) mass is 253 g/mol. The van der Waals surface area contributed by atoms with Crippen LogP contribution >= 0.6 is 0 Å². The molecule has 4 nitrogen and oxygen atoms in total. The van der Waals surface area contributed by atoms with Crippen LogP contribution in [0.15, 0.2) is 0 Å². The van der Waals surface area contributed by atoms with Crippen molar-refractivity contribution in [2.45, 2.75) is 51.1 Å². The van der Waals surface area contributed by atoms with Gasteiger partial charge in [-0.05, 0) is 51.7 Å². The van der Waals surface area contributed by atoms with Gasteiger partial charge in [0.25, 0.3) is 0 Å². The zero-order valence-electron chi connectivity index (χ0n) is 11.7. The first-order chi connectivity index (χ1) is 8.70. The van der Waals surface area contributed by atoms with Crippen molar-refractivity contribution in [3.8, 4) is 0 Å². The number of amides is 1. The third kappa shape index (κ3) is 3.45. The fraction of sp³-hybridized carbons (Fsp3) is 0.929. The lowest BCUT2D eigenvalue weighted by atomic mass is 9.90. The highest BCUT2D eigenvalue weighted by Crippen LogP contribution is 2.19. The number of carbonyl (C=O) groups is 1. The van der Waals surface area contributed by atoms with E-state index in [1.165, 1.54) is 32.2 Å². The molecule has 1 amide bonds. The summed E-state index contributed by atoms with van der Waals surface area (Å²) >= 11 is 0. The second-order valence-electron chi connectivity index (χ2n) is 5.83. The van der Waals surface area contributed by atoms with Crippen molar-refractivity contribution in [2.24, 2.45) is 5.92 Å². The molecule has 104 valence electrons. The molecule has 0 aromatic rings. The number of piperidine rings is 1. The van der Waals surface area contributed by atoms with Crippen molar-refractivity contribution in [2.75, 3.05) is 26.7 Å². The molecule has 0 aromatic heterocycles. The minimum atomic E-state index is 0.0374. The molecule has 3 atom stereocenters. The standard InChI is InChI=1S/C14H27N3O/c1-3-11-6-7-15-13(9-11)14(18)16-10-12-5-4-8-17(12)2/h11-13,15H,3-10H2,1-2H3,(H,16,18). The lowest BCUT2D eigenvalue weighted by Crippen LogP contribution is -2.50. The second-order valence-corrected chi connectivity index (χ2v) is 5.83. The highest BCUT2D eigenvalue weighted by Gasteiger charge is 2.27. The number of likely N-dealkylation sites (tertiary alicyclic amines) is 1. The Morgan fingerprint density at radius 3 is 2.94 bits per heavy atom. The summed E-state index contributed by atoms with van der Waals surface area (Å²) in [6.07, 6.45) is 5.88. The van der Waals surface area contributed by atoms with Gasteiger partial charge in [0.2, 0.25) is 5.91 Å². The molecule has 2 N–H and O–H groups in total. The fourth-order valence-electron chi connectivity index (χ4n) is 3.15. The van der Waals surface area contributed by atoms with E-state index in [9.17, 15) is 4.79 Å². The Balaban J connectivity index is 1.73. The molecular weight excluding hydrogens is 226 g/mol. The molecule has 3 unspecified atom stereocenters. The van der Waals surface area contributed by atoms with E-state index in [0.717, 1.165) is 25.4 Å². The molecule has 2 aliphatic rings. The van der Waals surface area contributed by atoms with Gasteiger partial charge in [0.05, 0.1) is 6.04 Å². The van der Waals surface area contributed by atoms with Crippen molar-refractivity contribution in [3.05, 3.63) is 0 Å². The number of carbonyl (C=O) groups excluding carboxylic acids is 1. The summed E-state index contributed by atoms with van der Waals surface area (Å²) < 4.78 is 0. The summed E-state index contributed by atoms with van der Waals surface area (Å²) in [6.45, 7) is 5.18. The molecule has 18 heavy (non-hydrogen) atoms. The number of nitrogens with one attached hydrogen (secondary N) is 2. The molecule has 4 heteroatoms. The highest BCUT2D eigenvalue weighted by molar-refractivity contribution is 5.81. The van der Waals surface area contributed by atoms with E-state index in [1.54, 1.807) is 0 Å². The lowest BCUT2D eigenvalue weighted by Gasteiger charge is -2.29. The van der Waals surface area contributed by atoms with Gasteiger partial charge in [0, 0.05) is 12.6 Å². The topological polar surface area (TPSA) is 44.4 Å². The Morgan fingerprint density at radius 2 is 2.28 bits per heavy atom. The summed E-state index contributed by atoms with van der Waals surface area (Å²) in [5.74, 6) is 0.921. The van der Waals surface area contributed by atoms with Crippen LogP contribution in [-0.4, -0.2) is 49.6 Å². The summed E-state index contributed by atoms with van der Waals surface area (Å²) in [4.78, 5) is 14.5. The van der Waals surface area contributed by atoms with Crippen LogP contribution in [0, 0.1) is 5.92 Å². The smallest absolute Gasteiger partial charge is 0.237 e. The summed E-state index contributed by atoms with van der Waals surface area (Å²) in [7, 11) is 2.15. The van der Waals surface area contributed by atoms with E-state index in [1.807, 2.05) is 0 Å². The van der Waals surface area contributed by atoms with Gasteiger partial charge in [-0.3, -0.25) is 4.79 Å². The largest absolute Gasteiger partial charge is 0.353 e. The van der Waals surface area contributed by atoms with Gasteiger partial charge < -0.3 is 15.5 Å². The maximum absolute atomic E-state index is 12.1. The molecule has 0 aliphatic carbocycles. The molecule has 2 aliphatic heterocycles. The fourth-order valence-corrected chi connectivity index (χ4v) is 3.15. The first kappa shape index (κ1) is 13.8. The van der Waals surface area contributed by atoms with E-state index >= 15 is 0 Å². The van der Waals surface area contributed by atoms with Gasteiger partial charge in [-0.25, -0.2) is 0 Å². The zero-order valence-corrected chi connectivity index (χ0v) is 11.7. The minimum Gasteiger partial charge on any atom is -0.353 e. The van der Waals surface area contributed by atoms with E-state index in [0.29, 0.717) is 6.04 Å². The van der Waals surface area contributed by atoms with Gasteiger partial charge in [-0.1, -0.05) is 13.3 Å². The molecule has 0 bridgehead atoms. The summed E-state index contributed by atoms with van der Waals surface area (Å²) in [5, 5.41) is 6.47. The van der Waals surface area contributed by atoms with Crippen LogP contribution in [-0.2, 0) is 4.79 Å². The molecule has 0 aromatic carbocycles. The normalized spacial score (nSPS) is 33.6. The van der Waals surface area contributed by atoms with E-state index in [2.05, 4.69) is 29.5 Å². The minimum absolute atomic E-state index is 0.0374. The summed E-state index contributed by atoms with van der Waals surface area (Å²) in [5.41, 5.74) is 0. The van der Waals surface area contributed by atoms with Gasteiger partial charge in [0.1, 0.15) is 0 Å². The van der Waals surface area contributed by atoms with E-state index in [4.69, 9.17) is 0 Å². The highest BCUT2D eigenvalue weighted by atomic mass is 16.2. The van der Waals surface area contributed by atoms with Crippen molar-refractivity contribution >= 4 is 5.91 Å². The predicted octanol–water partition coefficient (Wildman–Crippen LogP) is 0.975. The Hall–Kier alpha value is -0.610. The average molecular weight is 253 g/mol. The van der Waals surface area contributed by atoms with Crippen LogP contribution in [0.1, 0.15) is 39.0 Å². The molecule has 2 heterocycles. The van der Waals surface area contributed by atoms with Gasteiger partial charge in [0.15, 0.2) is 0 Å². The maximum atomic E-state index is 12.1. The molecule has 2 rings (SSSR count). The van der Waals surface area contributed by atoms with Crippen LogP contribution in [0.25, 0.3) is 0 Å². The molecule has 0 spiro atoms. The van der Waals surface area contributed by atoms with Crippen LogP contribution < -0.4 is 10.6 Å². The Bertz CT molecular complexity index is 282. The first-order valence-corrected chi connectivity index (χ1v) is 7.42. The Labute approximate surface area is 110 Å². The van der Waals surface area contributed by atoms with Crippen LogP contribution in [0.4, 0.5) is 0 Å². The van der Waals surface area contributed by atoms with Gasteiger partial charge >= 0.3 is 0 Å². The number of hydrogen-bond donors (Lipinski definition) is 2. The van der Waals surface area contributed by atoms with Crippen LogP contribution in [0.3, 0.4) is 0 Å². The lowest BCUT2D eigenvalue weighted by molar-refractivity contribution is -0.124. The Morgan fingerprint density at radius 1 is 1.44 bits per heavy atom. The van der Waals surface area contributed by atoms with Gasteiger partial charge in [-0.2, -0.15) is 0 Å². The van der Waals surface area contributed by atoms with Crippen molar-refractivity contribution in [1.82, 2.24) is 15.5 Å². The van der Waals surface area contributed by atoms with Gasteiger partial charge in [-0.15, -0.1) is 0 Å². The molecule has 0 radical (unpaired) electrons. The third-order valence-electron chi connectivity index (χ3n) is 4.59.